The van der Waals surface area contributed by atoms with Crippen molar-refractivity contribution >= 4 is 25.9 Å². The maximum absolute atomic E-state index is 13.4. The zero-order valence-corrected chi connectivity index (χ0v) is 20.5. The molecule has 0 aliphatic heterocycles. The summed E-state index contributed by atoms with van der Waals surface area (Å²) in [6.45, 7) is 3.53. The molecule has 184 valence electrons. The van der Waals surface area contributed by atoms with E-state index in [1.807, 2.05) is 48.9 Å². The fourth-order valence-electron chi connectivity index (χ4n) is 3.15. The van der Waals surface area contributed by atoms with Gasteiger partial charge >= 0.3 is 0 Å². The molecule has 0 saturated heterocycles. The summed E-state index contributed by atoms with van der Waals surface area (Å²) < 4.78 is 55.6. The van der Waals surface area contributed by atoms with Crippen LogP contribution in [-0.2, 0) is 26.7 Å². The summed E-state index contributed by atoms with van der Waals surface area (Å²) in [5.74, 6) is -0.496. The molecule has 0 amide bonds. The standard InChI is InChI=1S/C21H32N4O6S2/c1-15(2)13-25(14-21(27)18(22)11-16-7-5-4-6-8-16)32(28,29)17-9-10-20(26)19(12-17)24-33(30,31)23-3/h4-10,12,15,18,21,23-24,26-27H,11,13-14,22H2,1-3H3. The predicted octanol–water partition coefficient (Wildman–Crippen LogP) is 0.846. The lowest BCUT2D eigenvalue weighted by molar-refractivity contribution is 0.116. The van der Waals surface area contributed by atoms with Crippen LogP contribution in [-0.4, -0.2) is 63.6 Å². The molecule has 33 heavy (non-hydrogen) atoms. The highest BCUT2D eigenvalue weighted by Gasteiger charge is 2.30. The highest BCUT2D eigenvalue weighted by atomic mass is 32.2. The Morgan fingerprint density at radius 1 is 1.03 bits per heavy atom. The number of rotatable bonds is 12. The van der Waals surface area contributed by atoms with E-state index in [-0.39, 0.29) is 29.6 Å². The van der Waals surface area contributed by atoms with Gasteiger partial charge in [0.25, 0.3) is 10.2 Å². The number of nitrogens with one attached hydrogen (secondary N) is 2. The average Bonchev–Trinajstić information content (AvgIpc) is 2.74. The normalized spacial score (nSPS) is 14.4. The smallest absolute Gasteiger partial charge is 0.298 e. The minimum absolute atomic E-state index is 0.0586. The van der Waals surface area contributed by atoms with Crippen molar-refractivity contribution in [2.75, 3.05) is 24.9 Å². The number of nitrogens with zero attached hydrogens (tertiary/aromatic N) is 1. The third-order valence-corrected chi connectivity index (χ3v) is 7.74. The highest BCUT2D eigenvalue weighted by Crippen LogP contribution is 2.29. The van der Waals surface area contributed by atoms with Crippen molar-refractivity contribution in [3.8, 4) is 5.75 Å². The SMILES string of the molecule is CNS(=O)(=O)Nc1cc(S(=O)(=O)N(CC(C)C)CC(O)C(N)Cc2ccccc2)ccc1O. The lowest BCUT2D eigenvalue weighted by Gasteiger charge is -2.29. The van der Waals surface area contributed by atoms with Crippen LogP contribution < -0.4 is 15.2 Å². The lowest BCUT2D eigenvalue weighted by Crippen LogP contribution is -2.47. The van der Waals surface area contributed by atoms with Gasteiger partial charge in [-0.1, -0.05) is 44.2 Å². The van der Waals surface area contributed by atoms with Crippen molar-refractivity contribution in [3.05, 3.63) is 54.1 Å². The molecule has 0 fully saturated rings. The van der Waals surface area contributed by atoms with Crippen molar-refractivity contribution in [2.24, 2.45) is 11.7 Å². The Morgan fingerprint density at radius 2 is 1.67 bits per heavy atom. The van der Waals surface area contributed by atoms with Crippen LogP contribution in [0.4, 0.5) is 5.69 Å². The van der Waals surface area contributed by atoms with E-state index in [0.717, 1.165) is 22.0 Å². The van der Waals surface area contributed by atoms with Gasteiger partial charge in [-0.25, -0.2) is 13.1 Å². The number of aliphatic hydroxyl groups excluding tert-OH is 1. The Morgan fingerprint density at radius 3 is 2.24 bits per heavy atom. The number of phenolic OH excluding ortho intramolecular Hbond substituents is 1. The molecule has 0 radical (unpaired) electrons. The monoisotopic (exact) mass is 500 g/mol. The summed E-state index contributed by atoms with van der Waals surface area (Å²) in [5, 5.41) is 20.7. The van der Waals surface area contributed by atoms with Gasteiger partial charge < -0.3 is 15.9 Å². The first-order valence-corrected chi connectivity index (χ1v) is 13.3. The molecule has 2 atom stereocenters. The number of hydrogen-bond donors (Lipinski definition) is 5. The summed E-state index contributed by atoms with van der Waals surface area (Å²) in [6, 6.07) is 11.9. The van der Waals surface area contributed by atoms with Crippen molar-refractivity contribution in [3.63, 3.8) is 0 Å². The Hall–Kier alpha value is -2.22. The number of aromatic hydroxyl groups is 1. The molecule has 2 rings (SSSR count). The summed E-state index contributed by atoms with van der Waals surface area (Å²) in [7, 11) is -6.96. The Bertz CT molecular complexity index is 1120. The fraction of sp³-hybridized carbons (Fsp3) is 0.429. The molecule has 0 spiro atoms. The second-order valence-corrected chi connectivity index (χ2v) is 11.7. The van der Waals surface area contributed by atoms with E-state index in [9.17, 15) is 27.0 Å². The van der Waals surface area contributed by atoms with Gasteiger partial charge in [-0.2, -0.15) is 12.7 Å². The summed E-state index contributed by atoms with van der Waals surface area (Å²) in [6.07, 6.45) is -0.773. The van der Waals surface area contributed by atoms with E-state index in [4.69, 9.17) is 5.73 Å². The van der Waals surface area contributed by atoms with Gasteiger partial charge in [0.1, 0.15) is 5.75 Å². The van der Waals surface area contributed by atoms with E-state index in [1.54, 1.807) is 0 Å². The third-order valence-electron chi connectivity index (χ3n) is 4.89. The van der Waals surface area contributed by atoms with Gasteiger partial charge in [-0.15, -0.1) is 0 Å². The average molecular weight is 501 g/mol. The zero-order valence-electron chi connectivity index (χ0n) is 18.8. The van der Waals surface area contributed by atoms with Crippen LogP contribution >= 0.6 is 0 Å². The molecule has 6 N–H and O–H groups in total. The summed E-state index contributed by atoms with van der Waals surface area (Å²) >= 11 is 0. The first kappa shape index (κ1) is 27.0. The largest absolute Gasteiger partial charge is 0.506 e. The zero-order chi connectivity index (χ0) is 24.8. The van der Waals surface area contributed by atoms with Crippen LogP contribution in [0.5, 0.6) is 5.75 Å². The maximum Gasteiger partial charge on any atom is 0.298 e. The topological polar surface area (TPSA) is 162 Å². The van der Waals surface area contributed by atoms with Gasteiger partial charge in [-0.05, 0) is 36.1 Å². The third kappa shape index (κ3) is 7.66. The van der Waals surface area contributed by atoms with Gasteiger partial charge in [0, 0.05) is 26.2 Å². The summed E-state index contributed by atoms with van der Waals surface area (Å²) in [4.78, 5) is -0.237. The molecular weight excluding hydrogens is 468 g/mol. The second-order valence-electron chi connectivity index (χ2n) is 8.13. The Balaban J connectivity index is 2.30. The summed E-state index contributed by atoms with van der Waals surface area (Å²) in [5.41, 5.74) is 6.77. The van der Waals surface area contributed by atoms with Crippen molar-refractivity contribution in [2.45, 2.75) is 37.3 Å². The number of anilines is 1. The molecular formula is C21H32N4O6S2. The fourth-order valence-corrected chi connectivity index (χ4v) is 5.35. The van der Waals surface area contributed by atoms with Crippen molar-refractivity contribution in [1.82, 2.24) is 9.03 Å². The van der Waals surface area contributed by atoms with Gasteiger partial charge in [0.05, 0.1) is 16.7 Å². The molecule has 2 aromatic carbocycles. The molecule has 0 aliphatic rings. The lowest BCUT2D eigenvalue weighted by atomic mass is 10.0. The van der Waals surface area contributed by atoms with E-state index in [0.29, 0.717) is 6.42 Å². The number of benzene rings is 2. The van der Waals surface area contributed by atoms with Crippen LogP contribution in [0.1, 0.15) is 19.4 Å². The molecule has 10 nitrogen and oxygen atoms in total. The first-order chi connectivity index (χ1) is 15.4. The highest BCUT2D eigenvalue weighted by molar-refractivity contribution is 7.90. The number of hydrogen-bond acceptors (Lipinski definition) is 7. The second kappa shape index (κ2) is 11.3. The van der Waals surface area contributed by atoms with Crippen LogP contribution in [0.15, 0.2) is 53.4 Å². The quantitative estimate of drug-likeness (QED) is 0.270. The molecule has 2 unspecified atom stereocenters. The number of aliphatic hydroxyl groups is 1. The number of phenols is 1. The minimum atomic E-state index is -4.15. The van der Waals surface area contributed by atoms with Crippen LogP contribution in [0.2, 0.25) is 0 Å². The van der Waals surface area contributed by atoms with Gasteiger partial charge in [-0.3, -0.25) is 4.72 Å². The van der Waals surface area contributed by atoms with Gasteiger partial charge in [0.2, 0.25) is 10.0 Å². The Kier molecular flexibility index (Phi) is 9.23. The molecule has 12 heteroatoms. The van der Waals surface area contributed by atoms with Crippen LogP contribution in [0, 0.1) is 5.92 Å². The molecule has 0 aliphatic carbocycles. The van der Waals surface area contributed by atoms with Crippen molar-refractivity contribution in [1.29, 1.82) is 0 Å². The maximum atomic E-state index is 13.4. The molecule has 0 heterocycles. The number of sulfonamides is 1. The number of nitrogens with two attached hydrogens (primary N) is 1. The molecule has 0 saturated carbocycles. The van der Waals surface area contributed by atoms with Crippen LogP contribution in [0.25, 0.3) is 0 Å². The van der Waals surface area contributed by atoms with E-state index < -0.39 is 38.1 Å². The van der Waals surface area contributed by atoms with Crippen molar-refractivity contribution < 1.29 is 27.0 Å². The molecule has 2 aromatic rings. The van der Waals surface area contributed by atoms with E-state index in [2.05, 4.69) is 4.72 Å². The molecule has 0 aromatic heterocycles. The Labute approximate surface area is 195 Å². The van der Waals surface area contributed by atoms with Gasteiger partial charge in [0.15, 0.2) is 0 Å². The van der Waals surface area contributed by atoms with Crippen LogP contribution in [0.3, 0.4) is 0 Å². The minimum Gasteiger partial charge on any atom is -0.506 e. The molecule has 0 bridgehead atoms. The first-order valence-electron chi connectivity index (χ1n) is 10.4. The predicted molar refractivity (Wildman–Crippen MR) is 127 cm³/mol. The van der Waals surface area contributed by atoms with E-state index >= 15 is 0 Å². The van der Waals surface area contributed by atoms with E-state index in [1.165, 1.54) is 13.1 Å².